The van der Waals surface area contributed by atoms with Gasteiger partial charge in [0.25, 0.3) is 0 Å². The van der Waals surface area contributed by atoms with Crippen molar-refractivity contribution >= 4 is 5.97 Å². The highest BCUT2D eigenvalue weighted by atomic mass is 16.7. The Kier molecular flexibility index (Phi) is 8.49. The van der Waals surface area contributed by atoms with Crippen molar-refractivity contribution < 1.29 is 19.0 Å². The minimum atomic E-state index is -1.16. The molecule has 0 bridgehead atoms. The third-order valence-corrected chi connectivity index (χ3v) is 1.79. The molecule has 0 N–H and O–H groups in total. The van der Waals surface area contributed by atoms with Crippen molar-refractivity contribution in [2.45, 2.75) is 46.0 Å². The second-order valence-corrected chi connectivity index (χ2v) is 3.07. The van der Waals surface area contributed by atoms with Gasteiger partial charge in [-0.15, -0.1) is 0 Å². The summed E-state index contributed by atoms with van der Waals surface area (Å²) in [6.07, 6.45) is -0.295. The fourth-order valence-corrected chi connectivity index (χ4v) is 1.11. The number of nitrogens with zero attached hydrogens (tertiary/aromatic N) is 1. The van der Waals surface area contributed by atoms with Gasteiger partial charge in [-0.3, -0.25) is 0 Å². The normalized spacial score (nSPS) is 13.9. The summed E-state index contributed by atoms with van der Waals surface area (Å²) in [5, 5.41) is 8.68. The topological polar surface area (TPSA) is 68.5 Å². The van der Waals surface area contributed by atoms with E-state index in [0.29, 0.717) is 19.6 Å². The van der Waals surface area contributed by atoms with E-state index in [1.54, 1.807) is 13.0 Å². The number of hydrogen-bond donors (Lipinski definition) is 0. The lowest BCUT2D eigenvalue weighted by molar-refractivity contribution is -0.187. The van der Waals surface area contributed by atoms with E-state index in [2.05, 4.69) is 0 Å². The highest BCUT2D eigenvalue weighted by Gasteiger charge is 2.23. The van der Waals surface area contributed by atoms with Crippen LogP contribution in [0, 0.1) is 11.3 Å². The van der Waals surface area contributed by atoms with Crippen molar-refractivity contribution in [3.63, 3.8) is 0 Å². The molecule has 0 aromatic carbocycles. The standard InChI is InChI=1S/C11H19NO4/c1-4-7-10(15-6-3)16-11(13)9(8-12)14-5-2/h9-10H,4-7H2,1-3H3. The van der Waals surface area contributed by atoms with Crippen LogP contribution >= 0.6 is 0 Å². The van der Waals surface area contributed by atoms with Gasteiger partial charge < -0.3 is 14.2 Å². The van der Waals surface area contributed by atoms with Crippen molar-refractivity contribution in [2.75, 3.05) is 13.2 Å². The van der Waals surface area contributed by atoms with Crippen LogP contribution in [0.2, 0.25) is 0 Å². The molecular weight excluding hydrogens is 210 g/mol. The molecule has 0 aromatic rings. The number of carbonyl (C=O) groups is 1. The van der Waals surface area contributed by atoms with Gasteiger partial charge in [0, 0.05) is 19.6 Å². The summed E-state index contributed by atoms with van der Waals surface area (Å²) < 4.78 is 15.2. The number of ether oxygens (including phenoxy) is 3. The SMILES string of the molecule is CCCC(OCC)OC(=O)C(C#N)OCC. The van der Waals surface area contributed by atoms with Crippen LogP contribution in [0.15, 0.2) is 0 Å². The van der Waals surface area contributed by atoms with Crippen molar-refractivity contribution in [1.29, 1.82) is 5.26 Å². The molecule has 0 heterocycles. The van der Waals surface area contributed by atoms with Crippen LogP contribution < -0.4 is 0 Å². The van der Waals surface area contributed by atoms with Crippen LogP contribution in [0.4, 0.5) is 0 Å². The van der Waals surface area contributed by atoms with E-state index >= 15 is 0 Å². The zero-order valence-electron chi connectivity index (χ0n) is 10.1. The molecule has 0 saturated carbocycles. The molecule has 0 rings (SSSR count). The van der Waals surface area contributed by atoms with Crippen LogP contribution in [0.5, 0.6) is 0 Å². The Bertz CT molecular complexity index is 231. The summed E-state index contributed by atoms with van der Waals surface area (Å²) in [5.41, 5.74) is 0. The monoisotopic (exact) mass is 229 g/mol. The Hall–Kier alpha value is -1.12. The van der Waals surface area contributed by atoms with Gasteiger partial charge in [-0.25, -0.2) is 4.79 Å². The number of esters is 1. The first-order valence-electron chi connectivity index (χ1n) is 5.52. The van der Waals surface area contributed by atoms with Gasteiger partial charge in [-0.05, 0) is 13.8 Å². The van der Waals surface area contributed by atoms with Crippen molar-refractivity contribution in [3.05, 3.63) is 0 Å². The van der Waals surface area contributed by atoms with E-state index in [1.165, 1.54) is 0 Å². The fourth-order valence-electron chi connectivity index (χ4n) is 1.11. The Balaban J connectivity index is 4.20. The third-order valence-electron chi connectivity index (χ3n) is 1.79. The summed E-state index contributed by atoms with van der Waals surface area (Å²) >= 11 is 0. The maximum atomic E-state index is 11.5. The van der Waals surface area contributed by atoms with Crippen LogP contribution in [0.25, 0.3) is 0 Å². The summed E-state index contributed by atoms with van der Waals surface area (Å²) in [6, 6.07) is 1.74. The predicted octanol–water partition coefficient (Wildman–Crippen LogP) is 1.62. The first-order valence-corrected chi connectivity index (χ1v) is 5.52. The van der Waals surface area contributed by atoms with Gasteiger partial charge in [0.1, 0.15) is 6.07 Å². The molecule has 0 saturated heterocycles. The molecule has 0 radical (unpaired) electrons. The van der Waals surface area contributed by atoms with E-state index in [1.807, 2.05) is 13.8 Å². The summed E-state index contributed by atoms with van der Waals surface area (Å²) in [4.78, 5) is 11.5. The Morgan fingerprint density at radius 3 is 2.31 bits per heavy atom. The fraction of sp³-hybridized carbons (Fsp3) is 0.818. The van der Waals surface area contributed by atoms with E-state index in [0.717, 1.165) is 6.42 Å². The number of carbonyl (C=O) groups excluding carboxylic acids is 1. The van der Waals surface area contributed by atoms with Crippen LogP contribution in [0.3, 0.4) is 0 Å². The van der Waals surface area contributed by atoms with Gasteiger partial charge in [-0.2, -0.15) is 5.26 Å². The van der Waals surface area contributed by atoms with E-state index in [-0.39, 0.29) is 0 Å². The lowest BCUT2D eigenvalue weighted by Gasteiger charge is -2.18. The van der Waals surface area contributed by atoms with Crippen molar-refractivity contribution in [3.8, 4) is 6.07 Å². The number of nitriles is 1. The van der Waals surface area contributed by atoms with Gasteiger partial charge in [-0.1, -0.05) is 13.3 Å². The minimum Gasteiger partial charge on any atom is -0.433 e. The molecule has 0 amide bonds. The molecule has 16 heavy (non-hydrogen) atoms. The molecule has 0 spiro atoms. The second kappa shape index (κ2) is 9.13. The average molecular weight is 229 g/mol. The molecule has 0 aromatic heterocycles. The van der Waals surface area contributed by atoms with Gasteiger partial charge in [0.2, 0.25) is 12.4 Å². The van der Waals surface area contributed by atoms with Gasteiger partial charge >= 0.3 is 5.97 Å². The molecule has 0 aliphatic carbocycles. The van der Waals surface area contributed by atoms with Crippen molar-refractivity contribution in [2.24, 2.45) is 0 Å². The maximum absolute atomic E-state index is 11.5. The molecule has 0 aliphatic heterocycles. The van der Waals surface area contributed by atoms with Crippen LogP contribution in [0.1, 0.15) is 33.6 Å². The van der Waals surface area contributed by atoms with Gasteiger partial charge in [0.15, 0.2) is 0 Å². The molecule has 92 valence electrons. The lowest BCUT2D eigenvalue weighted by Crippen LogP contribution is -2.30. The summed E-state index contributed by atoms with van der Waals surface area (Å²) in [7, 11) is 0. The Morgan fingerprint density at radius 1 is 1.25 bits per heavy atom. The number of rotatable bonds is 8. The first kappa shape index (κ1) is 14.9. The smallest absolute Gasteiger partial charge is 0.352 e. The van der Waals surface area contributed by atoms with Gasteiger partial charge in [0.05, 0.1) is 0 Å². The Labute approximate surface area is 96.3 Å². The quantitative estimate of drug-likeness (QED) is 0.467. The third kappa shape index (κ3) is 5.69. The molecule has 5 heteroatoms. The lowest BCUT2D eigenvalue weighted by atomic mass is 10.3. The predicted molar refractivity (Wildman–Crippen MR) is 57.4 cm³/mol. The molecule has 0 aliphatic rings. The molecule has 0 fully saturated rings. The molecule has 2 atom stereocenters. The first-order chi connectivity index (χ1) is 7.69. The van der Waals surface area contributed by atoms with Crippen molar-refractivity contribution in [1.82, 2.24) is 0 Å². The zero-order chi connectivity index (χ0) is 12.4. The largest absolute Gasteiger partial charge is 0.433 e. The number of hydrogen-bond acceptors (Lipinski definition) is 5. The summed E-state index contributed by atoms with van der Waals surface area (Å²) in [6.45, 7) is 6.25. The van der Waals surface area contributed by atoms with E-state index in [9.17, 15) is 4.79 Å². The van der Waals surface area contributed by atoms with Crippen LogP contribution in [-0.2, 0) is 19.0 Å². The summed E-state index contributed by atoms with van der Waals surface area (Å²) in [5.74, 6) is -0.684. The highest BCUT2D eigenvalue weighted by molar-refractivity contribution is 5.77. The average Bonchev–Trinajstić information content (AvgIpc) is 2.26. The van der Waals surface area contributed by atoms with Crippen LogP contribution in [-0.4, -0.2) is 31.6 Å². The molecular formula is C11H19NO4. The second-order valence-electron chi connectivity index (χ2n) is 3.07. The maximum Gasteiger partial charge on any atom is 0.352 e. The Morgan fingerprint density at radius 2 is 1.88 bits per heavy atom. The minimum absolute atomic E-state index is 0.292. The van der Waals surface area contributed by atoms with E-state index in [4.69, 9.17) is 19.5 Å². The van der Waals surface area contributed by atoms with E-state index < -0.39 is 18.4 Å². The molecule has 5 nitrogen and oxygen atoms in total. The zero-order valence-corrected chi connectivity index (χ0v) is 10.1. The molecule has 2 unspecified atom stereocenters. The highest BCUT2D eigenvalue weighted by Crippen LogP contribution is 2.07.